The molecule has 0 aromatic carbocycles. The van der Waals surface area contributed by atoms with Crippen molar-refractivity contribution in [1.82, 2.24) is 0 Å². The molecule has 0 fully saturated rings. The Hall–Kier alpha value is 0.400. The average Bonchev–Trinajstić information content (AvgIpc) is 1.85. The Labute approximate surface area is 86.9 Å². The Kier molecular flexibility index (Phi) is 9.96. The molecule has 0 saturated heterocycles. The third-order valence-corrected chi connectivity index (χ3v) is 1.74. The van der Waals surface area contributed by atoms with Crippen molar-refractivity contribution in [1.29, 1.82) is 0 Å². The van der Waals surface area contributed by atoms with Gasteiger partial charge in [0.25, 0.3) is 0 Å². The van der Waals surface area contributed by atoms with Crippen LogP contribution in [0.1, 0.15) is 25.7 Å². The van der Waals surface area contributed by atoms with E-state index in [1.807, 2.05) is 0 Å². The van der Waals surface area contributed by atoms with Gasteiger partial charge < -0.3 is 26.6 Å². The molecule has 0 aromatic rings. The van der Waals surface area contributed by atoms with Gasteiger partial charge in [-0.05, 0) is 19.3 Å². The number of hydrogen-bond acceptors (Lipinski definition) is 1. The van der Waals surface area contributed by atoms with Gasteiger partial charge in [0.2, 0.25) is 0 Å². The molecule has 0 aromatic heterocycles. The number of rotatable bonds is 6. The lowest BCUT2D eigenvalue weighted by molar-refractivity contribution is -0.870. The van der Waals surface area contributed by atoms with E-state index in [1.165, 1.54) is 25.8 Å². The molecule has 0 heterocycles. The lowest BCUT2D eigenvalue weighted by atomic mass is 10.2. The molecule has 0 atom stereocenters. The average molecular weight is 240 g/mol. The topological polar surface area (TPSA) is 20.2 Å². The Morgan fingerprint density at radius 3 is 1.83 bits per heavy atom. The van der Waals surface area contributed by atoms with Crippen LogP contribution in [0.25, 0.3) is 0 Å². The normalized spacial score (nSPS) is 11.0. The van der Waals surface area contributed by atoms with Gasteiger partial charge in [0.05, 0.1) is 27.7 Å². The second kappa shape index (κ2) is 8.02. The highest BCUT2D eigenvalue weighted by atomic mass is 79.9. The highest BCUT2D eigenvalue weighted by molar-refractivity contribution is 4.40. The second-order valence-corrected chi connectivity index (χ2v) is 4.15. The van der Waals surface area contributed by atoms with E-state index in [-0.39, 0.29) is 17.0 Å². The maximum Gasteiger partial charge on any atom is 0.0780 e. The number of aliphatic hydroxyl groups is 1. The zero-order chi connectivity index (χ0) is 8.74. The smallest absolute Gasteiger partial charge is 0.0780 e. The van der Waals surface area contributed by atoms with Gasteiger partial charge in [0.15, 0.2) is 0 Å². The molecule has 0 aliphatic heterocycles. The zero-order valence-corrected chi connectivity index (χ0v) is 10.1. The first-order valence-electron chi connectivity index (χ1n) is 4.47. The number of nitrogens with zero attached hydrogens (tertiary/aromatic N) is 1. The molecule has 0 unspecified atom stereocenters. The molecule has 1 N–H and O–H groups in total. The van der Waals surface area contributed by atoms with Crippen LogP contribution in [0.4, 0.5) is 0 Å². The summed E-state index contributed by atoms with van der Waals surface area (Å²) in [6.45, 7) is 1.59. The van der Waals surface area contributed by atoms with E-state index in [1.54, 1.807) is 0 Å². The van der Waals surface area contributed by atoms with Crippen molar-refractivity contribution < 1.29 is 26.6 Å². The number of quaternary nitrogens is 1. The Morgan fingerprint density at radius 2 is 1.42 bits per heavy atom. The molecule has 0 bridgehead atoms. The minimum Gasteiger partial charge on any atom is -1.00 e. The Bertz CT molecular complexity index is 91.0. The molecule has 0 rings (SSSR count). The van der Waals surface area contributed by atoms with E-state index in [4.69, 9.17) is 5.11 Å². The van der Waals surface area contributed by atoms with Crippen molar-refractivity contribution in [2.75, 3.05) is 34.3 Å². The number of unbranched alkanes of at least 4 members (excludes halogenated alkanes) is 3. The first-order chi connectivity index (χ1) is 5.06. The maximum absolute atomic E-state index is 8.52. The van der Waals surface area contributed by atoms with Crippen LogP contribution in [-0.4, -0.2) is 43.9 Å². The van der Waals surface area contributed by atoms with Gasteiger partial charge in [0, 0.05) is 6.61 Å². The van der Waals surface area contributed by atoms with Crippen LogP contribution in [0.5, 0.6) is 0 Å². The summed E-state index contributed by atoms with van der Waals surface area (Å²) in [7, 11) is 6.64. The lowest BCUT2D eigenvalue weighted by Crippen LogP contribution is -3.00. The molecule has 12 heavy (non-hydrogen) atoms. The first-order valence-corrected chi connectivity index (χ1v) is 4.47. The predicted octanol–water partition coefficient (Wildman–Crippen LogP) is -1.75. The molecule has 0 spiro atoms. The van der Waals surface area contributed by atoms with E-state index < -0.39 is 0 Å². The third kappa shape index (κ3) is 13.0. The zero-order valence-electron chi connectivity index (χ0n) is 8.52. The van der Waals surface area contributed by atoms with E-state index in [9.17, 15) is 0 Å². The summed E-state index contributed by atoms with van der Waals surface area (Å²) >= 11 is 0. The lowest BCUT2D eigenvalue weighted by Gasteiger charge is -2.23. The standard InChI is InChI=1S/C9H22NO.BrH/c1-10(2,3)8-6-4-5-7-9-11;/h11H,4-9H2,1-3H3;1H/q+1;/p-1. The van der Waals surface area contributed by atoms with Gasteiger partial charge in [-0.15, -0.1) is 0 Å². The molecule has 0 aliphatic rings. The van der Waals surface area contributed by atoms with Crippen LogP contribution < -0.4 is 17.0 Å². The van der Waals surface area contributed by atoms with Crippen molar-refractivity contribution in [3.8, 4) is 0 Å². The van der Waals surface area contributed by atoms with Crippen molar-refractivity contribution in [3.63, 3.8) is 0 Å². The van der Waals surface area contributed by atoms with Crippen LogP contribution in [0.3, 0.4) is 0 Å². The minimum absolute atomic E-state index is 0. The number of hydrogen-bond donors (Lipinski definition) is 1. The van der Waals surface area contributed by atoms with Crippen molar-refractivity contribution >= 4 is 0 Å². The van der Waals surface area contributed by atoms with E-state index in [2.05, 4.69) is 21.1 Å². The fourth-order valence-corrected chi connectivity index (χ4v) is 1.05. The van der Waals surface area contributed by atoms with Gasteiger partial charge in [-0.1, -0.05) is 6.42 Å². The fraction of sp³-hybridized carbons (Fsp3) is 1.00. The third-order valence-electron chi connectivity index (χ3n) is 1.74. The second-order valence-electron chi connectivity index (χ2n) is 4.15. The van der Waals surface area contributed by atoms with Crippen LogP contribution in [0.2, 0.25) is 0 Å². The summed E-state index contributed by atoms with van der Waals surface area (Å²) in [5, 5.41) is 8.52. The van der Waals surface area contributed by atoms with Crippen molar-refractivity contribution in [2.45, 2.75) is 25.7 Å². The van der Waals surface area contributed by atoms with Gasteiger partial charge in [-0.2, -0.15) is 0 Å². The molecule has 0 amide bonds. The van der Waals surface area contributed by atoms with Crippen LogP contribution in [0.15, 0.2) is 0 Å². The summed E-state index contributed by atoms with van der Waals surface area (Å²) in [6, 6.07) is 0. The van der Waals surface area contributed by atoms with Crippen molar-refractivity contribution in [2.24, 2.45) is 0 Å². The summed E-state index contributed by atoms with van der Waals surface area (Å²) in [5.41, 5.74) is 0. The largest absolute Gasteiger partial charge is 1.00 e. The van der Waals surface area contributed by atoms with E-state index >= 15 is 0 Å². The molecular formula is C9H22BrNO. The van der Waals surface area contributed by atoms with Gasteiger partial charge in [-0.25, -0.2) is 0 Å². The van der Waals surface area contributed by atoms with Gasteiger partial charge >= 0.3 is 0 Å². The molecule has 3 heteroatoms. The summed E-state index contributed by atoms with van der Waals surface area (Å²) in [4.78, 5) is 0. The molecule has 76 valence electrons. The quantitative estimate of drug-likeness (QED) is 0.431. The van der Waals surface area contributed by atoms with Gasteiger partial charge in [-0.3, -0.25) is 0 Å². The molecule has 0 aliphatic carbocycles. The van der Waals surface area contributed by atoms with E-state index in [0.717, 1.165) is 10.9 Å². The Morgan fingerprint density at radius 1 is 0.917 bits per heavy atom. The van der Waals surface area contributed by atoms with Crippen LogP contribution >= 0.6 is 0 Å². The SMILES string of the molecule is C[N+](C)(C)CCCCCCO.[Br-]. The molecule has 0 saturated carbocycles. The predicted molar refractivity (Wildman–Crippen MR) is 48.5 cm³/mol. The number of aliphatic hydroxyl groups excluding tert-OH is 1. The first kappa shape index (κ1) is 14.9. The molecule has 0 radical (unpaired) electrons. The van der Waals surface area contributed by atoms with Gasteiger partial charge in [0.1, 0.15) is 0 Å². The van der Waals surface area contributed by atoms with Crippen molar-refractivity contribution in [3.05, 3.63) is 0 Å². The summed E-state index contributed by atoms with van der Waals surface area (Å²) in [5.74, 6) is 0. The summed E-state index contributed by atoms with van der Waals surface area (Å²) < 4.78 is 1.05. The van der Waals surface area contributed by atoms with E-state index in [0.29, 0.717) is 6.61 Å². The maximum atomic E-state index is 8.52. The molecular weight excluding hydrogens is 218 g/mol. The highest BCUT2D eigenvalue weighted by Crippen LogP contribution is 2.02. The van der Waals surface area contributed by atoms with Crippen LogP contribution in [-0.2, 0) is 0 Å². The minimum atomic E-state index is 0. The monoisotopic (exact) mass is 239 g/mol. The fourth-order valence-electron chi connectivity index (χ4n) is 1.05. The summed E-state index contributed by atoms with van der Waals surface area (Å²) in [6.07, 6.45) is 4.69. The highest BCUT2D eigenvalue weighted by Gasteiger charge is 2.04. The Balaban J connectivity index is 0. The molecule has 2 nitrogen and oxygen atoms in total. The van der Waals surface area contributed by atoms with Crippen LogP contribution in [0, 0.1) is 0 Å². The number of halogens is 1.